The Hall–Kier alpha value is -3.97. The largest absolute Gasteiger partial charge is 0.497 e. The Labute approximate surface area is 194 Å². The third-order valence-corrected chi connectivity index (χ3v) is 5.46. The first kappa shape index (κ1) is 22.2. The van der Waals surface area contributed by atoms with Gasteiger partial charge in [0.05, 0.1) is 12.8 Å². The number of nitrogens with one attached hydrogen (secondary N) is 1. The number of urea groups is 1. The number of hydrogen-bond donors (Lipinski definition) is 1. The van der Waals surface area contributed by atoms with Crippen LogP contribution in [-0.4, -0.2) is 25.0 Å². The maximum absolute atomic E-state index is 13.4. The van der Waals surface area contributed by atoms with E-state index in [9.17, 15) is 18.8 Å². The summed E-state index contributed by atoms with van der Waals surface area (Å²) < 4.78 is 18.5. The van der Waals surface area contributed by atoms with Crippen molar-refractivity contribution < 1.29 is 23.5 Å². The van der Waals surface area contributed by atoms with Crippen LogP contribution in [0.2, 0.25) is 5.02 Å². The number of rotatable bonds is 5. The Balaban J connectivity index is 1.61. The maximum atomic E-state index is 13.4. The van der Waals surface area contributed by atoms with Gasteiger partial charge in [0.2, 0.25) is 0 Å². The number of methoxy groups -OCH3 is 1. The van der Waals surface area contributed by atoms with Crippen molar-refractivity contribution in [3.05, 3.63) is 99.8 Å². The van der Waals surface area contributed by atoms with Gasteiger partial charge in [0.1, 0.15) is 17.1 Å². The molecule has 166 valence electrons. The molecule has 1 saturated heterocycles. The Morgan fingerprint density at radius 2 is 1.79 bits per heavy atom. The quantitative estimate of drug-likeness (QED) is 0.437. The minimum absolute atomic E-state index is 0.209. The van der Waals surface area contributed by atoms with E-state index in [0.29, 0.717) is 28.4 Å². The average molecular weight is 465 g/mol. The molecule has 1 aliphatic rings. The molecule has 0 bridgehead atoms. The Bertz CT molecular complexity index is 1290. The van der Waals surface area contributed by atoms with Crippen LogP contribution >= 0.6 is 11.6 Å². The van der Waals surface area contributed by atoms with Crippen LogP contribution in [0.1, 0.15) is 16.7 Å². The number of carbonyl (C=O) groups excluding carboxylic acids is 3. The van der Waals surface area contributed by atoms with Gasteiger partial charge in [0.15, 0.2) is 0 Å². The first-order chi connectivity index (χ1) is 15.9. The summed E-state index contributed by atoms with van der Waals surface area (Å²) in [5.41, 5.74) is 2.11. The summed E-state index contributed by atoms with van der Waals surface area (Å²) in [6.45, 7) is 0. The van der Waals surface area contributed by atoms with E-state index in [1.165, 1.54) is 25.3 Å². The molecule has 8 heteroatoms. The lowest BCUT2D eigenvalue weighted by molar-refractivity contribution is -0.122. The zero-order valence-corrected chi connectivity index (χ0v) is 18.2. The Morgan fingerprint density at radius 3 is 2.45 bits per heavy atom. The zero-order chi connectivity index (χ0) is 23.5. The van der Waals surface area contributed by atoms with Crippen LogP contribution in [0.25, 0.3) is 6.08 Å². The molecular weight excluding hydrogens is 447 g/mol. The number of halogens is 2. The van der Waals surface area contributed by atoms with Gasteiger partial charge >= 0.3 is 6.03 Å². The standard InChI is InChI=1S/C25H18ClFN2O4/c1-33-20-9-7-19(8-10-20)29-24(31)21(23(30)28-25(29)32)13-16-5-6-17(22(26)14-16)11-15-3-2-4-18(27)12-15/h2-10,12-14H,11H2,1H3,(H,28,30,32)/b21-13+. The number of ether oxygens (including phenoxy) is 1. The first-order valence-corrected chi connectivity index (χ1v) is 10.3. The third-order valence-electron chi connectivity index (χ3n) is 5.10. The van der Waals surface area contributed by atoms with E-state index in [1.54, 1.807) is 54.6 Å². The topological polar surface area (TPSA) is 75.7 Å². The molecule has 0 radical (unpaired) electrons. The number of amides is 4. The highest BCUT2D eigenvalue weighted by molar-refractivity contribution is 6.39. The highest BCUT2D eigenvalue weighted by Crippen LogP contribution is 2.26. The van der Waals surface area contributed by atoms with Crippen LogP contribution in [0.4, 0.5) is 14.9 Å². The summed E-state index contributed by atoms with van der Waals surface area (Å²) in [7, 11) is 1.50. The molecule has 1 aliphatic heterocycles. The summed E-state index contributed by atoms with van der Waals surface area (Å²) in [6.07, 6.45) is 1.80. The highest BCUT2D eigenvalue weighted by Gasteiger charge is 2.36. The lowest BCUT2D eigenvalue weighted by atomic mass is 10.0. The normalized spacial score (nSPS) is 15.1. The average Bonchev–Trinajstić information content (AvgIpc) is 2.79. The summed E-state index contributed by atoms with van der Waals surface area (Å²) >= 11 is 6.40. The monoisotopic (exact) mass is 464 g/mol. The number of imide groups is 2. The number of nitrogens with zero attached hydrogens (tertiary/aromatic N) is 1. The SMILES string of the molecule is COc1ccc(N2C(=O)NC(=O)/C(=C\c3ccc(Cc4cccc(F)c4)c(Cl)c3)C2=O)cc1. The second-order valence-corrected chi connectivity index (χ2v) is 7.72. The van der Waals surface area contributed by atoms with Gasteiger partial charge in [-0.05, 0) is 71.7 Å². The van der Waals surface area contributed by atoms with E-state index in [1.807, 2.05) is 0 Å². The maximum Gasteiger partial charge on any atom is 0.335 e. The molecule has 0 aliphatic carbocycles. The summed E-state index contributed by atoms with van der Waals surface area (Å²) in [5.74, 6) is -1.32. The van der Waals surface area contributed by atoms with Gasteiger partial charge in [-0.15, -0.1) is 0 Å². The highest BCUT2D eigenvalue weighted by atomic mass is 35.5. The molecule has 6 nitrogen and oxygen atoms in total. The molecule has 1 fully saturated rings. The van der Waals surface area contributed by atoms with Crippen molar-refractivity contribution >= 4 is 41.2 Å². The molecule has 3 aromatic rings. The molecule has 0 unspecified atom stereocenters. The molecule has 0 atom stereocenters. The first-order valence-electron chi connectivity index (χ1n) is 9.94. The minimum Gasteiger partial charge on any atom is -0.497 e. The van der Waals surface area contributed by atoms with Crippen molar-refractivity contribution in [1.82, 2.24) is 5.32 Å². The van der Waals surface area contributed by atoms with Crippen molar-refractivity contribution in [3.8, 4) is 5.75 Å². The van der Waals surface area contributed by atoms with Gasteiger partial charge < -0.3 is 4.74 Å². The van der Waals surface area contributed by atoms with Gasteiger partial charge in [-0.1, -0.05) is 35.9 Å². The van der Waals surface area contributed by atoms with Gasteiger partial charge in [0.25, 0.3) is 11.8 Å². The predicted molar refractivity (Wildman–Crippen MR) is 123 cm³/mol. The van der Waals surface area contributed by atoms with Gasteiger partial charge in [0, 0.05) is 5.02 Å². The van der Waals surface area contributed by atoms with Crippen LogP contribution in [0.15, 0.2) is 72.3 Å². The molecule has 1 N–H and O–H groups in total. The third kappa shape index (κ3) is 4.78. The van der Waals surface area contributed by atoms with Crippen LogP contribution in [0.3, 0.4) is 0 Å². The van der Waals surface area contributed by atoms with E-state index < -0.39 is 17.8 Å². The van der Waals surface area contributed by atoms with Crippen LogP contribution < -0.4 is 15.0 Å². The van der Waals surface area contributed by atoms with Gasteiger partial charge in [-0.25, -0.2) is 14.1 Å². The smallest absolute Gasteiger partial charge is 0.335 e. The molecule has 4 amide bonds. The Kier molecular flexibility index (Phi) is 6.24. The van der Waals surface area contributed by atoms with Gasteiger partial charge in [-0.2, -0.15) is 0 Å². The Morgan fingerprint density at radius 1 is 1.03 bits per heavy atom. The molecule has 33 heavy (non-hydrogen) atoms. The molecule has 0 saturated carbocycles. The molecule has 1 heterocycles. The van der Waals surface area contributed by atoms with Gasteiger partial charge in [-0.3, -0.25) is 14.9 Å². The van der Waals surface area contributed by atoms with E-state index in [4.69, 9.17) is 16.3 Å². The van der Waals surface area contributed by atoms with Crippen molar-refractivity contribution in [3.63, 3.8) is 0 Å². The van der Waals surface area contributed by atoms with Crippen molar-refractivity contribution in [2.24, 2.45) is 0 Å². The molecule has 3 aromatic carbocycles. The summed E-state index contributed by atoms with van der Waals surface area (Å²) in [6, 6.07) is 16.7. The molecule has 0 spiro atoms. The second kappa shape index (κ2) is 9.26. The fourth-order valence-corrected chi connectivity index (χ4v) is 3.71. The number of barbiturate groups is 1. The second-order valence-electron chi connectivity index (χ2n) is 7.31. The van der Waals surface area contributed by atoms with Crippen LogP contribution in [-0.2, 0) is 16.0 Å². The molecular formula is C25H18ClFN2O4. The predicted octanol–water partition coefficient (Wildman–Crippen LogP) is 4.74. The van der Waals surface area contributed by atoms with E-state index in [-0.39, 0.29) is 11.4 Å². The van der Waals surface area contributed by atoms with E-state index in [2.05, 4.69) is 5.32 Å². The number of benzene rings is 3. The van der Waals surface area contributed by atoms with E-state index >= 15 is 0 Å². The summed E-state index contributed by atoms with van der Waals surface area (Å²) in [5, 5.41) is 2.58. The minimum atomic E-state index is -0.837. The number of carbonyl (C=O) groups is 3. The fourth-order valence-electron chi connectivity index (χ4n) is 3.45. The van der Waals surface area contributed by atoms with Crippen molar-refractivity contribution in [2.75, 3.05) is 12.0 Å². The lowest BCUT2D eigenvalue weighted by Crippen LogP contribution is -2.54. The number of anilines is 1. The van der Waals surface area contributed by atoms with Crippen LogP contribution in [0, 0.1) is 5.82 Å². The van der Waals surface area contributed by atoms with E-state index in [0.717, 1.165) is 16.0 Å². The zero-order valence-electron chi connectivity index (χ0n) is 17.5. The van der Waals surface area contributed by atoms with Crippen molar-refractivity contribution in [1.29, 1.82) is 0 Å². The molecule has 4 rings (SSSR count). The van der Waals surface area contributed by atoms with Crippen molar-refractivity contribution in [2.45, 2.75) is 6.42 Å². The lowest BCUT2D eigenvalue weighted by Gasteiger charge is -2.26. The summed E-state index contributed by atoms with van der Waals surface area (Å²) in [4.78, 5) is 38.6. The number of hydrogen-bond acceptors (Lipinski definition) is 4. The molecule has 0 aromatic heterocycles. The van der Waals surface area contributed by atoms with Crippen LogP contribution in [0.5, 0.6) is 5.75 Å². The fraction of sp³-hybridized carbons (Fsp3) is 0.0800.